The van der Waals surface area contributed by atoms with E-state index in [0.717, 1.165) is 25.1 Å². The van der Waals surface area contributed by atoms with Gasteiger partial charge in [-0.1, -0.05) is 32.0 Å². The monoisotopic (exact) mass is 289 g/mol. The SMILES string of the molecule is CC(C)CC(=O)NNC(=O)CN1CCCc2ccccc21. The molecule has 5 heteroatoms. The molecule has 1 aromatic rings. The van der Waals surface area contributed by atoms with Crippen LogP contribution in [0.15, 0.2) is 24.3 Å². The molecule has 5 nitrogen and oxygen atoms in total. The molecule has 0 fully saturated rings. The number of hydrogen-bond acceptors (Lipinski definition) is 3. The molecule has 0 spiro atoms. The Morgan fingerprint density at radius 2 is 1.90 bits per heavy atom. The molecule has 1 heterocycles. The number of fused-ring (bicyclic) bond motifs is 1. The topological polar surface area (TPSA) is 61.4 Å². The number of amides is 2. The largest absolute Gasteiger partial charge is 0.362 e. The van der Waals surface area contributed by atoms with Crippen LogP contribution in [0.1, 0.15) is 32.3 Å². The third-order valence-electron chi connectivity index (χ3n) is 3.48. The molecular weight excluding hydrogens is 266 g/mol. The highest BCUT2D eigenvalue weighted by Crippen LogP contribution is 2.26. The van der Waals surface area contributed by atoms with Crippen LogP contribution in [0.3, 0.4) is 0 Å². The molecule has 0 saturated heterocycles. The van der Waals surface area contributed by atoms with Gasteiger partial charge in [-0.3, -0.25) is 20.4 Å². The molecule has 0 aromatic heterocycles. The van der Waals surface area contributed by atoms with Gasteiger partial charge in [0.2, 0.25) is 5.91 Å². The second kappa shape index (κ2) is 7.11. The number of para-hydroxylation sites is 1. The molecule has 0 bridgehead atoms. The molecule has 0 saturated carbocycles. The Morgan fingerprint density at radius 3 is 2.67 bits per heavy atom. The van der Waals surface area contributed by atoms with Crippen LogP contribution >= 0.6 is 0 Å². The fraction of sp³-hybridized carbons (Fsp3) is 0.500. The fourth-order valence-electron chi connectivity index (χ4n) is 2.55. The summed E-state index contributed by atoms with van der Waals surface area (Å²) < 4.78 is 0. The summed E-state index contributed by atoms with van der Waals surface area (Å²) in [4.78, 5) is 25.5. The van der Waals surface area contributed by atoms with Gasteiger partial charge in [0, 0.05) is 18.7 Å². The van der Waals surface area contributed by atoms with Gasteiger partial charge in [-0.25, -0.2) is 0 Å². The molecule has 2 N–H and O–H groups in total. The van der Waals surface area contributed by atoms with E-state index in [2.05, 4.69) is 21.8 Å². The highest BCUT2D eigenvalue weighted by Gasteiger charge is 2.18. The molecule has 114 valence electrons. The van der Waals surface area contributed by atoms with Crippen molar-refractivity contribution in [3.05, 3.63) is 29.8 Å². The summed E-state index contributed by atoms with van der Waals surface area (Å²) in [7, 11) is 0. The number of hydrogen-bond donors (Lipinski definition) is 2. The van der Waals surface area contributed by atoms with Crippen molar-refractivity contribution in [2.75, 3.05) is 18.0 Å². The zero-order valence-corrected chi connectivity index (χ0v) is 12.7. The minimum atomic E-state index is -0.191. The van der Waals surface area contributed by atoms with E-state index in [4.69, 9.17) is 0 Å². The summed E-state index contributed by atoms with van der Waals surface area (Å²) in [6.45, 7) is 5.06. The Morgan fingerprint density at radius 1 is 1.19 bits per heavy atom. The lowest BCUT2D eigenvalue weighted by atomic mass is 10.0. The zero-order valence-electron chi connectivity index (χ0n) is 12.7. The number of benzene rings is 1. The van der Waals surface area contributed by atoms with Gasteiger partial charge >= 0.3 is 0 Å². The van der Waals surface area contributed by atoms with Crippen molar-refractivity contribution in [1.82, 2.24) is 10.9 Å². The smallest absolute Gasteiger partial charge is 0.257 e. The van der Waals surface area contributed by atoms with Crippen LogP contribution in [0.2, 0.25) is 0 Å². The molecule has 2 rings (SSSR count). The second-order valence-electron chi connectivity index (χ2n) is 5.85. The lowest BCUT2D eigenvalue weighted by Crippen LogP contribution is -2.47. The van der Waals surface area contributed by atoms with Gasteiger partial charge in [-0.15, -0.1) is 0 Å². The molecule has 0 aliphatic carbocycles. The first-order valence-electron chi connectivity index (χ1n) is 7.47. The van der Waals surface area contributed by atoms with Crippen LogP contribution in [0.4, 0.5) is 5.69 Å². The van der Waals surface area contributed by atoms with E-state index in [0.29, 0.717) is 6.42 Å². The van der Waals surface area contributed by atoms with E-state index in [1.807, 2.05) is 32.0 Å². The van der Waals surface area contributed by atoms with Crippen molar-refractivity contribution in [3.8, 4) is 0 Å². The number of anilines is 1. The summed E-state index contributed by atoms with van der Waals surface area (Å²) >= 11 is 0. The van der Waals surface area contributed by atoms with Crippen LogP contribution in [0.25, 0.3) is 0 Å². The first-order valence-corrected chi connectivity index (χ1v) is 7.47. The molecule has 1 aromatic carbocycles. The van der Waals surface area contributed by atoms with Gasteiger partial charge in [0.05, 0.1) is 6.54 Å². The van der Waals surface area contributed by atoms with E-state index in [-0.39, 0.29) is 24.3 Å². The Bertz CT molecular complexity index is 514. The van der Waals surface area contributed by atoms with Gasteiger partial charge in [0.25, 0.3) is 5.91 Å². The maximum absolute atomic E-state index is 11.9. The molecule has 0 unspecified atom stereocenters. The molecular formula is C16H23N3O2. The summed E-state index contributed by atoms with van der Waals surface area (Å²) in [6, 6.07) is 8.15. The average molecular weight is 289 g/mol. The van der Waals surface area contributed by atoms with Crippen LogP contribution in [0.5, 0.6) is 0 Å². The quantitative estimate of drug-likeness (QED) is 0.828. The predicted octanol–water partition coefficient (Wildman–Crippen LogP) is 1.63. The van der Waals surface area contributed by atoms with Gasteiger partial charge in [-0.2, -0.15) is 0 Å². The summed E-state index contributed by atoms with van der Waals surface area (Å²) in [6.07, 6.45) is 2.51. The maximum Gasteiger partial charge on any atom is 0.257 e. The lowest BCUT2D eigenvalue weighted by Gasteiger charge is -2.30. The van der Waals surface area contributed by atoms with Gasteiger partial charge in [-0.05, 0) is 30.4 Å². The minimum absolute atomic E-state index is 0.155. The maximum atomic E-state index is 11.9. The van der Waals surface area contributed by atoms with Crippen molar-refractivity contribution in [1.29, 1.82) is 0 Å². The molecule has 1 aliphatic rings. The van der Waals surface area contributed by atoms with E-state index < -0.39 is 0 Å². The third kappa shape index (κ3) is 4.48. The summed E-state index contributed by atoms with van der Waals surface area (Å²) in [5.41, 5.74) is 7.34. The lowest BCUT2D eigenvalue weighted by molar-refractivity contribution is -0.128. The van der Waals surface area contributed by atoms with Gasteiger partial charge < -0.3 is 4.90 Å². The molecule has 0 atom stereocenters. The van der Waals surface area contributed by atoms with Gasteiger partial charge in [0.1, 0.15) is 0 Å². The third-order valence-corrected chi connectivity index (χ3v) is 3.48. The van der Waals surface area contributed by atoms with Gasteiger partial charge in [0.15, 0.2) is 0 Å². The number of nitrogens with one attached hydrogen (secondary N) is 2. The average Bonchev–Trinajstić information content (AvgIpc) is 2.45. The van der Waals surface area contributed by atoms with Crippen molar-refractivity contribution in [2.45, 2.75) is 33.1 Å². The standard InChI is InChI=1S/C16H23N3O2/c1-12(2)10-15(20)17-18-16(21)11-19-9-5-7-13-6-3-4-8-14(13)19/h3-4,6,8,12H,5,7,9-11H2,1-2H3,(H,17,20)(H,18,21). The Hall–Kier alpha value is -2.04. The Labute approximate surface area is 125 Å². The van der Waals surface area contributed by atoms with E-state index in [9.17, 15) is 9.59 Å². The van der Waals surface area contributed by atoms with Crippen LogP contribution in [0, 0.1) is 5.92 Å². The van der Waals surface area contributed by atoms with E-state index >= 15 is 0 Å². The number of carbonyl (C=O) groups excluding carboxylic acids is 2. The predicted molar refractivity (Wildman–Crippen MR) is 82.7 cm³/mol. The van der Waals surface area contributed by atoms with Crippen LogP contribution in [-0.4, -0.2) is 24.9 Å². The highest BCUT2D eigenvalue weighted by molar-refractivity contribution is 5.85. The normalized spacial score (nSPS) is 13.8. The Kier molecular flexibility index (Phi) is 5.20. The first kappa shape index (κ1) is 15.4. The van der Waals surface area contributed by atoms with E-state index in [1.165, 1.54) is 5.56 Å². The van der Waals surface area contributed by atoms with Crippen LogP contribution in [-0.2, 0) is 16.0 Å². The number of rotatable bonds is 4. The van der Waals surface area contributed by atoms with Crippen molar-refractivity contribution in [3.63, 3.8) is 0 Å². The first-order chi connectivity index (χ1) is 10.1. The summed E-state index contributed by atoms with van der Waals surface area (Å²) in [5.74, 6) is -0.0722. The molecule has 0 radical (unpaired) electrons. The van der Waals surface area contributed by atoms with Crippen LogP contribution < -0.4 is 15.8 Å². The Balaban J connectivity index is 1.85. The second-order valence-corrected chi connectivity index (χ2v) is 5.85. The molecule has 21 heavy (non-hydrogen) atoms. The van der Waals surface area contributed by atoms with Crippen molar-refractivity contribution < 1.29 is 9.59 Å². The van der Waals surface area contributed by atoms with Crippen molar-refractivity contribution >= 4 is 17.5 Å². The molecule has 1 aliphatic heterocycles. The number of carbonyl (C=O) groups is 2. The number of hydrazine groups is 1. The number of aryl methyl sites for hydroxylation is 1. The highest BCUT2D eigenvalue weighted by atomic mass is 16.2. The minimum Gasteiger partial charge on any atom is -0.362 e. The number of nitrogens with zero attached hydrogens (tertiary/aromatic N) is 1. The fourth-order valence-corrected chi connectivity index (χ4v) is 2.55. The molecule has 2 amide bonds. The van der Waals surface area contributed by atoms with Crippen molar-refractivity contribution in [2.24, 2.45) is 5.92 Å². The summed E-state index contributed by atoms with van der Waals surface area (Å²) in [5, 5.41) is 0. The zero-order chi connectivity index (χ0) is 15.2. The van der Waals surface area contributed by atoms with E-state index in [1.54, 1.807) is 0 Å².